The molecule has 3 heteroatoms. The first-order chi connectivity index (χ1) is 9.49. The number of nitrogens with two attached hydrogens (primary N) is 1. The molecule has 1 aromatic carbocycles. The molecule has 0 radical (unpaired) electrons. The highest BCUT2D eigenvalue weighted by Crippen LogP contribution is 2.19. The topological polar surface area (TPSA) is 43.8 Å². The van der Waals surface area contributed by atoms with Gasteiger partial charge in [-0.3, -0.25) is 4.68 Å². The van der Waals surface area contributed by atoms with Crippen LogP contribution in [0.4, 0.5) is 0 Å². The fraction of sp³-hybridized carbons (Fsp3) is 0.471. The number of hydrogen-bond acceptors (Lipinski definition) is 2. The van der Waals surface area contributed by atoms with E-state index < -0.39 is 0 Å². The largest absolute Gasteiger partial charge is 0.324 e. The fourth-order valence-corrected chi connectivity index (χ4v) is 2.49. The molecule has 0 bridgehead atoms. The summed E-state index contributed by atoms with van der Waals surface area (Å²) in [7, 11) is 0. The summed E-state index contributed by atoms with van der Waals surface area (Å²) in [6.07, 6.45) is 3.92. The zero-order valence-electron chi connectivity index (χ0n) is 12.9. The van der Waals surface area contributed by atoms with Gasteiger partial charge >= 0.3 is 0 Å². The van der Waals surface area contributed by atoms with Crippen molar-refractivity contribution in [1.29, 1.82) is 0 Å². The molecule has 2 aromatic rings. The van der Waals surface area contributed by atoms with Crippen molar-refractivity contribution in [2.75, 3.05) is 0 Å². The zero-order chi connectivity index (χ0) is 14.7. The van der Waals surface area contributed by atoms with Gasteiger partial charge in [0.15, 0.2) is 0 Å². The van der Waals surface area contributed by atoms with E-state index in [1.807, 2.05) is 4.68 Å². The van der Waals surface area contributed by atoms with E-state index in [1.165, 1.54) is 16.7 Å². The van der Waals surface area contributed by atoms with Crippen LogP contribution in [0.25, 0.3) is 0 Å². The monoisotopic (exact) mass is 271 g/mol. The first kappa shape index (κ1) is 14.8. The molecule has 0 aliphatic heterocycles. The third kappa shape index (κ3) is 3.48. The fourth-order valence-electron chi connectivity index (χ4n) is 2.49. The summed E-state index contributed by atoms with van der Waals surface area (Å²) in [5, 5.41) is 4.63. The molecule has 2 rings (SSSR count). The molecule has 20 heavy (non-hydrogen) atoms. The van der Waals surface area contributed by atoms with Crippen LogP contribution in [0.2, 0.25) is 0 Å². The van der Waals surface area contributed by atoms with Gasteiger partial charge in [-0.05, 0) is 38.8 Å². The van der Waals surface area contributed by atoms with Crippen LogP contribution in [0.1, 0.15) is 54.7 Å². The highest BCUT2D eigenvalue weighted by Gasteiger charge is 2.11. The Morgan fingerprint density at radius 2 is 1.85 bits per heavy atom. The summed E-state index contributed by atoms with van der Waals surface area (Å²) in [5.74, 6) is 0. The Morgan fingerprint density at radius 1 is 1.20 bits per heavy atom. The molecule has 0 saturated carbocycles. The normalized spacial score (nSPS) is 14.2. The molecule has 2 atom stereocenters. The lowest BCUT2D eigenvalue weighted by Gasteiger charge is -2.13. The van der Waals surface area contributed by atoms with E-state index in [0.717, 1.165) is 18.5 Å². The second-order valence-corrected chi connectivity index (χ2v) is 5.78. The summed E-state index contributed by atoms with van der Waals surface area (Å²) in [6, 6.07) is 9.05. The molecule has 0 amide bonds. The predicted molar refractivity (Wildman–Crippen MR) is 83.8 cm³/mol. The Labute approximate surface area is 121 Å². The standard InChI is InChI=1S/C17H25N3/c1-5-14(4)20-7-6-16(19-20)11-17(18)15-9-12(2)8-13(3)10-15/h6-10,14,17H,5,11,18H2,1-4H3. The van der Waals surface area contributed by atoms with E-state index in [0.29, 0.717) is 6.04 Å². The minimum absolute atomic E-state index is 0.00822. The van der Waals surface area contributed by atoms with Crippen molar-refractivity contribution in [3.8, 4) is 0 Å². The first-order valence-corrected chi connectivity index (χ1v) is 7.37. The summed E-state index contributed by atoms with van der Waals surface area (Å²) in [6.45, 7) is 8.58. The summed E-state index contributed by atoms with van der Waals surface area (Å²) in [5.41, 5.74) is 11.1. The summed E-state index contributed by atoms with van der Waals surface area (Å²) >= 11 is 0. The Kier molecular flexibility index (Phi) is 4.61. The Morgan fingerprint density at radius 3 is 2.45 bits per heavy atom. The van der Waals surface area contributed by atoms with Gasteiger partial charge in [-0.15, -0.1) is 0 Å². The highest BCUT2D eigenvalue weighted by atomic mass is 15.3. The Balaban J connectivity index is 2.11. The van der Waals surface area contributed by atoms with Crippen molar-refractivity contribution in [1.82, 2.24) is 9.78 Å². The number of nitrogens with zero attached hydrogens (tertiary/aromatic N) is 2. The van der Waals surface area contributed by atoms with Gasteiger partial charge in [-0.25, -0.2) is 0 Å². The van der Waals surface area contributed by atoms with Crippen LogP contribution in [-0.2, 0) is 6.42 Å². The van der Waals surface area contributed by atoms with Gasteiger partial charge < -0.3 is 5.73 Å². The van der Waals surface area contributed by atoms with Crippen molar-refractivity contribution in [2.24, 2.45) is 5.73 Å². The Hall–Kier alpha value is -1.61. The number of benzene rings is 1. The SMILES string of the molecule is CCC(C)n1ccc(CC(N)c2cc(C)cc(C)c2)n1. The number of hydrogen-bond donors (Lipinski definition) is 1. The molecule has 0 aliphatic carbocycles. The zero-order valence-corrected chi connectivity index (χ0v) is 12.9. The lowest BCUT2D eigenvalue weighted by molar-refractivity contribution is 0.472. The number of aryl methyl sites for hydroxylation is 2. The molecule has 0 fully saturated rings. The van der Waals surface area contributed by atoms with Gasteiger partial charge in [0.2, 0.25) is 0 Å². The van der Waals surface area contributed by atoms with Crippen molar-refractivity contribution in [2.45, 2.75) is 52.6 Å². The third-order valence-corrected chi connectivity index (χ3v) is 3.81. The molecule has 2 N–H and O–H groups in total. The maximum atomic E-state index is 6.33. The lowest BCUT2D eigenvalue weighted by atomic mass is 9.99. The molecular weight excluding hydrogens is 246 g/mol. The maximum Gasteiger partial charge on any atom is 0.0643 e. The van der Waals surface area contributed by atoms with E-state index in [-0.39, 0.29) is 6.04 Å². The summed E-state index contributed by atoms with van der Waals surface area (Å²) in [4.78, 5) is 0. The van der Waals surface area contributed by atoms with Gasteiger partial charge in [0.1, 0.15) is 0 Å². The average Bonchev–Trinajstić information content (AvgIpc) is 2.85. The first-order valence-electron chi connectivity index (χ1n) is 7.37. The quantitative estimate of drug-likeness (QED) is 0.900. The molecule has 0 saturated heterocycles. The molecule has 2 unspecified atom stereocenters. The molecule has 0 aliphatic rings. The van der Waals surface area contributed by atoms with Crippen LogP contribution >= 0.6 is 0 Å². The van der Waals surface area contributed by atoms with Crippen LogP contribution in [0, 0.1) is 13.8 Å². The minimum Gasteiger partial charge on any atom is -0.324 e. The molecule has 1 aromatic heterocycles. The van der Waals surface area contributed by atoms with E-state index in [1.54, 1.807) is 0 Å². The van der Waals surface area contributed by atoms with Crippen molar-refractivity contribution in [3.63, 3.8) is 0 Å². The molecule has 108 valence electrons. The number of rotatable bonds is 5. The molecule has 0 spiro atoms. The Bertz CT molecular complexity index is 551. The average molecular weight is 271 g/mol. The van der Waals surface area contributed by atoms with Crippen LogP contribution in [0.5, 0.6) is 0 Å². The third-order valence-electron chi connectivity index (χ3n) is 3.81. The minimum atomic E-state index is 0.00822. The number of aromatic nitrogens is 2. The van der Waals surface area contributed by atoms with Gasteiger partial charge in [0, 0.05) is 24.7 Å². The second kappa shape index (κ2) is 6.23. The predicted octanol–water partition coefficient (Wildman–Crippen LogP) is 3.71. The highest BCUT2D eigenvalue weighted by molar-refractivity contribution is 5.31. The van der Waals surface area contributed by atoms with Gasteiger partial charge in [0.25, 0.3) is 0 Å². The van der Waals surface area contributed by atoms with Gasteiger partial charge in [0.05, 0.1) is 5.69 Å². The van der Waals surface area contributed by atoms with Crippen molar-refractivity contribution in [3.05, 3.63) is 52.8 Å². The van der Waals surface area contributed by atoms with E-state index in [9.17, 15) is 0 Å². The van der Waals surface area contributed by atoms with E-state index >= 15 is 0 Å². The van der Waals surface area contributed by atoms with Crippen LogP contribution in [0.3, 0.4) is 0 Å². The molecule has 3 nitrogen and oxygen atoms in total. The van der Waals surface area contributed by atoms with Gasteiger partial charge in [-0.1, -0.05) is 36.2 Å². The van der Waals surface area contributed by atoms with Crippen LogP contribution in [0.15, 0.2) is 30.5 Å². The van der Waals surface area contributed by atoms with E-state index in [4.69, 9.17) is 5.73 Å². The maximum absolute atomic E-state index is 6.33. The van der Waals surface area contributed by atoms with E-state index in [2.05, 4.69) is 63.3 Å². The van der Waals surface area contributed by atoms with Gasteiger partial charge in [-0.2, -0.15) is 5.10 Å². The smallest absolute Gasteiger partial charge is 0.0643 e. The van der Waals surface area contributed by atoms with Crippen molar-refractivity contribution >= 4 is 0 Å². The summed E-state index contributed by atoms with van der Waals surface area (Å²) < 4.78 is 2.03. The molecule has 1 heterocycles. The second-order valence-electron chi connectivity index (χ2n) is 5.78. The molecular formula is C17H25N3. The van der Waals surface area contributed by atoms with Crippen molar-refractivity contribution < 1.29 is 0 Å². The lowest BCUT2D eigenvalue weighted by Crippen LogP contribution is -2.14. The van der Waals surface area contributed by atoms with Crippen LogP contribution < -0.4 is 5.73 Å². The van der Waals surface area contributed by atoms with Crippen LogP contribution in [-0.4, -0.2) is 9.78 Å².